The van der Waals surface area contributed by atoms with Crippen LogP contribution in [-0.4, -0.2) is 42.0 Å². The predicted molar refractivity (Wildman–Crippen MR) is 100 cm³/mol. The first-order valence-corrected chi connectivity index (χ1v) is 8.96. The zero-order valence-electron chi connectivity index (χ0n) is 16.0. The van der Waals surface area contributed by atoms with Crippen LogP contribution in [0.5, 0.6) is 0 Å². The van der Waals surface area contributed by atoms with Crippen LogP contribution in [0.1, 0.15) is 56.5 Å². The van der Waals surface area contributed by atoms with Crippen LogP contribution in [0, 0.1) is 17.2 Å². The number of anilines is 1. The quantitative estimate of drug-likeness (QED) is 0.828. The number of likely N-dealkylation sites (tertiary alicyclic amines) is 1. The van der Waals surface area contributed by atoms with E-state index in [1.54, 1.807) is 23.1 Å². The predicted octanol–water partition coefficient (Wildman–Crippen LogP) is 3.82. The number of carbonyl (C=O) groups excluding carboxylic acids is 2. The monoisotopic (exact) mass is 357 g/mol. The molecule has 1 saturated heterocycles. The van der Waals surface area contributed by atoms with Crippen LogP contribution >= 0.6 is 0 Å². The van der Waals surface area contributed by atoms with Gasteiger partial charge in [-0.3, -0.25) is 4.79 Å². The van der Waals surface area contributed by atoms with Crippen molar-refractivity contribution in [3.05, 3.63) is 29.3 Å². The molecule has 26 heavy (non-hydrogen) atoms. The standard InChI is InChI=1S/C20H27N3O3/c1-14(24)16-7-8-17(11-21)18(10-16)22-12-15-6-5-9-23(13-15)19(25)26-20(2,3)4/h7-8,10,15,22H,5-6,9,12-13H2,1-4H3. The molecule has 1 heterocycles. The van der Waals surface area contributed by atoms with Gasteiger partial charge in [-0.2, -0.15) is 5.26 Å². The van der Waals surface area contributed by atoms with E-state index >= 15 is 0 Å². The van der Waals surface area contributed by atoms with Crippen molar-refractivity contribution in [2.24, 2.45) is 5.92 Å². The molecule has 1 unspecified atom stereocenters. The molecule has 0 saturated carbocycles. The van der Waals surface area contributed by atoms with Gasteiger partial charge in [-0.25, -0.2) is 4.79 Å². The summed E-state index contributed by atoms with van der Waals surface area (Å²) < 4.78 is 5.45. The highest BCUT2D eigenvalue weighted by Gasteiger charge is 2.27. The summed E-state index contributed by atoms with van der Waals surface area (Å²) in [4.78, 5) is 25.6. The first-order valence-electron chi connectivity index (χ1n) is 8.96. The molecular weight excluding hydrogens is 330 g/mol. The lowest BCUT2D eigenvalue weighted by Gasteiger charge is -2.34. The minimum absolute atomic E-state index is 0.0358. The normalized spacial score (nSPS) is 17.3. The van der Waals surface area contributed by atoms with Crippen molar-refractivity contribution in [3.63, 3.8) is 0 Å². The van der Waals surface area contributed by atoms with Crippen LogP contribution < -0.4 is 5.32 Å². The molecule has 2 rings (SSSR count). The van der Waals surface area contributed by atoms with Gasteiger partial charge < -0.3 is 15.0 Å². The van der Waals surface area contributed by atoms with Gasteiger partial charge in [-0.1, -0.05) is 0 Å². The Morgan fingerprint density at radius 1 is 1.38 bits per heavy atom. The van der Waals surface area contributed by atoms with E-state index in [9.17, 15) is 14.9 Å². The van der Waals surface area contributed by atoms with Gasteiger partial charge in [0.25, 0.3) is 0 Å². The molecule has 0 radical (unpaired) electrons. The van der Waals surface area contributed by atoms with Gasteiger partial charge in [-0.15, -0.1) is 0 Å². The lowest BCUT2D eigenvalue weighted by atomic mass is 9.98. The number of amides is 1. The topological polar surface area (TPSA) is 82.4 Å². The van der Waals surface area contributed by atoms with E-state index in [1.165, 1.54) is 6.92 Å². The van der Waals surface area contributed by atoms with Crippen LogP contribution in [0.3, 0.4) is 0 Å². The molecule has 0 bridgehead atoms. The van der Waals surface area contributed by atoms with Crippen LogP contribution in [0.15, 0.2) is 18.2 Å². The summed E-state index contributed by atoms with van der Waals surface area (Å²) in [6.07, 6.45) is 1.64. The third-order valence-electron chi connectivity index (χ3n) is 4.30. The fourth-order valence-electron chi connectivity index (χ4n) is 2.99. The molecule has 1 fully saturated rings. The second kappa shape index (κ2) is 8.22. The Morgan fingerprint density at radius 3 is 2.73 bits per heavy atom. The second-order valence-electron chi connectivity index (χ2n) is 7.74. The number of rotatable bonds is 4. The van der Waals surface area contributed by atoms with E-state index in [4.69, 9.17) is 4.74 Å². The number of ketones is 1. The Hall–Kier alpha value is -2.55. The van der Waals surface area contributed by atoms with E-state index in [2.05, 4.69) is 11.4 Å². The van der Waals surface area contributed by atoms with E-state index < -0.39 is 5.60 Å². The van der Waals surface area contributed by atoms with Crippen molar-refractivity contribution >= 4 is 17.6 Å². The lowest BCUT2D eigenvalue weighted by Crippen LogP contribution is -2.44. The number of nitrogens with one attached hydrogen (secondary N) is 1. The number of carbonyl (C=O) groups is 2. The maximum Gasteiger partial charge on any atom is 0.410 e. The molecule has 140 valence electrons. The summed E-state index contributed by atoms with van der Waals surface area (Å²) in [5, 5.41) is 12.5. The second-order valence-corrected chi connectivity index (χ2v) is 7.74. The van der Waals surface area contributed by atoms with Crippen molar-refractivity contribution in [2.75, 3.05) is 25.0 Å². The molecule has 1 N–H and O–H groups in total. The molecule has 6 nitrogen and oxygen atoms in total. The summed E-state index contributed by atoms with van der Waals surface area (Å²) in [7, 11) is 0. The molecule has 0 aromatic heterocycles. The van der Waals surface area contributed by atoms with Crippen LogP contribution in [-0.2, 0) is 4.74 Å². The summed E-state index contributed by atoms with van der Waals surface area (Å²) in [6.45, 7) is 9.04. The summed E-state index contributed by atoms with van der Waals surface area (Å²) in [5.74, 6) is 0.232. The van der Waals surface area contributed by atoms with Gasteiger partial charge in [0.05, 0.1) is 11.3 Å². The first kappa shape index (κ1) is 19.8. The van der Waals surface area contributed by atoms with Gasteiger partial charge in [-0.05, 0) is 64.7 Å². The number of hydrogen-bond acceptors (Lipinski definition) is 5. The number of hydrogen-bond donors (Lipinski definition) is 1. The Morgan fingerprint density at radius 2 is 2.12 bits per heavy atom. The Kier molecular flexibility index (Phi) is 6.25. The van der Waals surface area contributed by atoms with E-state index in [0.717, 1.165) is 12.8 Å². The van der Waals surface area contributed by atoms with Gasteiger partial charge in [0.15, 0.2) is 5.78 Å². The molecular formula is C20H27N3O3. The van der Waals surface area contributed by atoms with Crippen molar-refractivity contribution in [1.82, 2.24) is 4.90 Å². The summed E-state index contributed by atoms with van der Waals surface area (Å²) in [5.41, 5.74) is 1.24. The van der Waals surface area contributed by atoms with E-state index in [-0.39, 0.29) is 17.8 Å². The van der Waals surface area contributed by atoms with Crippen LogP contribution in [0.2, 0.25) is 0 Å². The number of Topliss-reactive ketones (excluding diaryl/α,β-unsaturated/α-hetero) is 1. The molecule has 1 aliphatic rings. The Bertz CT molecular complexity index is 716. The number of piperidine rings is 1. The first-order chi connectivity index (χ1) is 12.2. The highest BCUT2D eigenvalue weighted by molar-refractivity contribution is 5.95. The average molecular weight is 357 g/mol. The Labute approximate surface area is 155 Å². The van der Waals surface area contributed by atoms with Gasteiger partial charge >= 0.3 is 6.09 Å². The van der Waals surface area contributed by atoms with E-state index in [0.29, 0.717) is 36.4 Å². The van der Waals surface area contributed by atoms with Crippen LogP contribution in [0.25, 0.3) is 0 Å². The fraction of sp³-hybridized carbons (Fsp3) is 0.550. The summed E-state index contributed by atoms with van der Waals surface area (Å²) in [6, 6.07) is 7.18. The molecule has 1 amide bonds. The molecule has 1 atom stereocenters. The van der Waals surface area contributed by atoms with Crippen molar-refractivity contribution < 1.29 is 14.3 Å². The molecule has 1 aliphatic heterocycles. The minimum atomic E-state index is -0.503. The lowest BCUT2D eigenvalue weighted by molar-refractivity contribution is 0.0172. The largest absolute Gasteiger partial charge is 0.444 e. The number of nitriles is 1. The van der Waals surface area contributed by atoms with Gasteiger partial charge in [0.2, 0.25) is 0 Å². The SMILES string of the molecule is CC(=O)c1ccc(C#N)c(NCC2CCCN(C(=O)OC(C)(C)C)C2)c1. The van der Waals surface area contributed by atoms with Gasteiger partial charge in [0, 0.05) is 25.2 Å². The zero-order valence-corrected chi connectivity index (χ0v) is 16.0. The molecule has 0 aliphatic carbocycles. The van der Waals surface area contributed by atoms with Gasteiger partial charge in [0.1, 0.15) is 11.7 Å². The number of benzene rings is 1. The third kappa shape index (κ3) is 5.48. The molecule has 6 heteroatoms. The Balaban J connectivity index is 1.99. The zero-order chi connectivity index (χ0) is 19.3. The fourth-order valence-corrected chi connectivity index (χ4v) is 2.99. The van der Waals surface area contributed by atoms with Crippen molar-refractivity contribution in [3.8, 4) is 6.07 Å². The highest BCUT2D eigenvalue weighted by atomic mass is 16.6. The number of nitrogens with zero attached hydrogens (tertiary/aromatic N) is 2. The van der Waals surface area contributed by atoms with Crippen molar-refractivity contribution in [2.45, 2.75) is 46.1 Å². The maximum atomic E-state index is 12.3. The van der Waals surface area contributed by atoms with Crippen LogP contribution in [0.4, 0.5) is 10.5 Å². The van der Waals surface area contributed by atoms with Crippen molar-refractivity contribution in [1.29, 1.82) is 5.26 Å². The smallest absolute Gasteiger partial charge is 0.410 e. The summed E-state index contributed by atoms with van der Waals surface area (Å²) >= 11 is 0. The molecule has 0 spiro atoms. The average Bonchev–Trinajstić information content (AvgIpc) is 2.58. The minimum Gasteiger partial charge on any atom is -0.444 e. The third-order valence-corrected chi connectivity index (χ3v) is 4.30. The highest BCUT2D eigenvalue weighted by Crippen LogP contribution is 2.22. The maximum absolute atomic E-state index is 12.3. The number of ether oxygens (including phenoxy) is 1. The van der Waals surface area contributed by atoms with E-state index in [1.807, 2.05) is 20.8 Å². The molecule has 1 aromatic carbocycles. The molecule has 1 aromatic rings.